The summed E-state index contributed by atoms with van der Waals surface area (Å²) in [7, 11) is 1.62. The quantitative estimate of drug-likeness (QED) is 0.637. The molecule has 1 amide bonds. The number of methoxy groups -OCH3 is 1. The molecule has 0 aliphatic heterocycles. The van der Waals surface area contributed by atoms with E-state index in [0.717, 1.165) is 16.9 Å². The van der Waals surface area contributed by atoms with Gasteiger partial charge in [0.15, 0.2) is 0 Å². The minimum absolute atomic E-state index is 0.0410. The lowest BCUT2D eigenvalue weighted by Crippen LogP contribution is -2.27. The molecule has 0 aliphatic rings. The van der Waals surface area contributed by atoms with Gasteiger partial charge in [-0.25, -0.2) is 4.68 Å². The van der Waals surface area contributed by atoms with Gasteiger partial charge in [0.25, 0.3) is 5.56 Å². The van der Waals surface area contributed by atoms with Gasteiger partial charge in [0.1, 0.15) is 5.75 Å². The summed E-state index contributed by atoms with van der Waals surface area (Å²) in [5.74, 6) is 0.721. The Morgan fingerprint density at radius 3 is 2.48 bits per heavy atom. The maximum Gasteiger partial charge on any atom is 0.266 e. The van der Waals surface area contributed by atoms with E-state index in [-0.39, 0.29) is 17.5 Å². The molecule has 0 bridgehead atoms. The third kappa shape index (κ3) is 5.54. The van der Waals surface area contributed by atoms with E-state index in [0.29, 0.717) is 25.1 Å². The van der Waals surface area contributed by atoms with Gasteiger partial charge in [0.05, 0.1) is 18.8 Å². The fraction of sp³-hybridized carbons (Fsp3) is 0.261. The van der Waals surface area contributed by atoms with Gasteiger partial charge in [0, 0.05) is 24.6 Å². The van der Waals surface area contributed by atoms with Gasteiger partial charge >= 0.3 is 0 Å². The van der Waals surface area contributed by atoms with Gasteiger partial charge in [-0.3, -0.25) is 9.59 Å². The van der Waals surface area contributed by atoms with Gasteiger partial charge in [-0.2, -0.15) is 5.10 Å². The summed E-state index contributed by atoms with van der Waals surface area (Å²) >= 11 is 0. The van der Waals surface area contributed by atoms with Crippen LogP contribution in [0.3, 0.4) is 0 Å². The first-order valence-electron chi connectivity index (χ1n) is 9.64. The topological polar surface area (TPSA) is 73.2 Å². The van der Waals surface area contributed by atoms with Crippen LogP contribution in [0.25, 0.3) is 11.3 Å². The third-order valence-electron chi connectivity index (χ3n) is 4.70. The number of hydrogen-bond donors (Lipinski definition) is 1. The van der Waals surface area contributed by atoms with Crippen molar-refractivity contribution in [1.82, 2.24) is 15.1 Å². The van der Waals surface area contributed by atoms with E-state index in [1.54, 1.807) is 13.2 Å². The summed E-state index contributed by atoms with van der Waals surface area (Å²) in [5.41, 5.74) is 2.48. The number of nitrogens with one attached hydrogen (secondary N) is 1. The summed E-state index contributed by atoms with van der Waals surface area (Å²) in [5, 5.41) is 7.42. The van der Waals surface area contributed by atoms with Crippen LogP contribution in [0.1, 0.15) is 31.4 Å². The number of amides is 1. The van der Waals surface area contributed by atoms with Crippen molar-refractivity contribution in [2.24, 2.45) is 0 Å². The average molecular weight is 391 g/mol. The van der Waals surface area contributed by atoms with Gasteiger partial charge in [-0.05, 0) is 49.2 Å². The maximum atomic E-state index is 12.2. The van der Waals surface area contributed by atoms with Crippen molar-refractivity contribution in [2.75, 3.05) is 7.11 Å². The van der Waals surface area contributed by atoms with E-state index in [9.17, 15) is 9.59 Å². The molecule has 0 radical (unpaired) electrons. The highest BCUT2D eigenvalue weighted by molar-refractivity contribution is 5.76. The maximum absolute atomic E-state index is 12.2. The third-order valence-corrected chi connectivity index (χ3v) is 4.70. The molecule has 1 aromatic heterocycles. The van der Waals surface area contributed by atoms with Crippen LogP contribution in [0, 0.1) is 0 Å². The summed E-state index contributed by atoms with van der Waals surface area (Å²) in [6.07, 6.45) is 0.865. The fourth-order valence-electron chi connectivity index (χ4n) is 3.05. The predicted octanol–water partition coefficient (Wildman–Crippen LogP) is 3.58. The second-order valence-corrected chi connectivity index (χ2v) is 6.81. The largest absolute Gasteiger partial charge is 0.497 e. The molecule has 0 unspecified atom stereocenters. The first-order valence-corrected chi connectivity index (χ1v) is 9.64. The predicted molar refractivity (Wildman–Crippen MR) is 113 cm³/mol. The van der Waals surface area contributed by atoms with Crippen molar-refractivity contribution in [3.63, 3.8) is 0 Å². The second-order valence-electron chi connectivity index (χ2n) is 6.81. The van der Waals surface area contributed by atoms with Crippen LogP contribution < -0.4 is 15.6 Å². The SMILES string of the molecule is COc1ccc(-c2ccc(=O)n(CCCC(=O)N[C@@H](C)c3ccccc3)n2)cc1. The van der Waals surface area contributed by atoms with Gasteiger partial charge in [-0.1, -0.05) is 30.3 Å². The monoisotopic (exact) mass is 391 g/mol. The number of hydrogen-bond acceptors (Lipinski definition) is 4. The van der Waals surface area contributed by atoms with Crippen molar-refractivity contribution in [3.05, 3.63) is 82.6 Å². The number of aromatic nitrogens is 2. The highest BCUT2D eigenvalue weighted by Crippen LogP contribution is 2.19. The number of aryl methyl sites for hydroxylation is 1. The van der Waals surface area contributed by atoms with Crippen LogP contribution in [0.2, 0.25) is 0 Å². The number of rotatable bonds is 8. The Balaban J connectivity index is 1.57. The molecule has 3 aromatic rings. The molecular formula is C23H25N3O3. The number of carbonyl (C=O) groups is 1. The smallest absolute Gasteiger partial charge is 0.266 e. The van der Waals surface area contributed by atoms with Crippen LogP contribution in [-0.4, -0.2) is 22.8 Å². The van der Waals surface area contributed by atoms with Crippen molar-refractivity contribution >= 4 is 5.91 Å². The van der Waals surface area contributed by atoms with Crippen LogP contribution in [0.5, 0.6) is 5.75 Å². The molecule has 1 heterocycles. The van der Waals surface area contributed by atoms with E-state index >= 15 is 0 Å². The van der Waals surface area contributed by atoms with Gasteiger partial charge < -0.3 is 10.1 Å². The van der Waals surface area contributed by atoms with E-state index in [1.165, 1.54) is 10.7 Å². The molecule has 0 spiro atoms. The van der Waals surface area contributed by atoms with Gasteiger partial charge in [-0.15, -0.1) is 0 Å². The van der Waals surface area contributed by atoms with Gasteiger partial charge in [0.2, 0.25) is 5.91 Å². The molecule has 6 heteroatoms. The molecule has 0 saturated heterocycles. The summed E-state index contributed by atoms with van der Waals surface area (Å²) in [6, 6.07) is 20.5. The standard InChI is InChI=1S/C23H25N3O3/c1-17(18-7-4-3-5-8-18)24-22(27)9-6-16-26-23(28)15-14-21(25-26)19-10-12-20(29-2)13-11-19/h3-5,7-8,10-15,17H,6,9,16H2,1-2H3,(H,24,27)/t17-/m0/s1. The molecule has 29 heavy (non-hydrogen) atoms. The van der Waals surface area contributed by atoms with Crippen LogP contribution in [-0.2, 0) is 11.3 Å². The lowest BCUT2D eigenvalue weighted by atomic mass is 10.1. The van der Waals surface area contributed by atoms with Crippen LogP contribution in [0.15, 0.2) is 71.5 Å². The molecule has 3 rings (SSSR count). The zero-order chi connectivity index (χ0) is 20.6. The molecule has 1 atom stereocenters. The van der Waals surface area contributed by atoms with E-state index < -0.39 is 0 Å². The Hall–Kier alpha value is -3.41. The lowest BCUT2D eigenvalue weighted by molar-refractivity contribution is -0.121. The molecule has 150 valence electrons. The van der Waals surface area contributed by atoms with Crippen LogP contribution in [0.4, 0.5) is 0 Å². The number of nitrogens with zero attached hydrogens (tertiary/aromatic N) is 2. The van der Waals surface area contributed by atoms with Crippen molar-refractivity contribution in [1.29, 1.82) is 0 Å². The number of benzene rings is 2. The number of carbonyl (C=O) groups excluding carboxylic acids is 1. The second kappa shape index (κ2) is 9.68. The molecule has 0 fully saturated rings. The lowest BCUT2D eigenvalue weighted by Gasteiger charge is -2.14. The Kier molecular flexibility index (Phi) is 6.79. The minimum atomic E-state index is -0.180. The first kappa shape index (κ1) is 20.3. The zero-order valence-corrected chi connectivity index (χ0v) is 16.7. The summed E-state index contributed by atoms with van der Waals surface area (Å²) < 4.78 is 6.58. The molecule has 0 aliphatic carbocycles. The highest BCUT2D eigenvalue weighted by Gasteiger charge is 2.10. The Morgan fingerprint density at radius 2 is 1.79 bits per heavy atom. The molecule has 2 aromatic carbocycles. The van der Waals surface area contributed by atoms with Crippen molar-refractivity contribution < 1.29 is 9.53 Å². The average Bonchev–Trinajstić information content (AvgIpc) is 2.75. The van der Waals surface area contributed by atoms with Crippen LogP contribution >= 0.6 is 0 Å². The highest BCUT2D eigenvalue weighted by atomic mass is 16.5. The Morgan fingerprint density at radius 1 is 1.07 bits per heavy atom. The van der Waals surface area contributed by atoms with E-state index in [2.05, 4.69) is 10.4 Å². The van der Waals surface area contributed by atoms with Crippen molar-refractivity contribution in [2.45, 2.75) is 32.4 Å². The molecular weight excluding hydrogens is 366 g/mol. The van der Waals surface area contributed by atoms with Crippen molar-refractivity contribution in [3.8, 4) is 17.0 Å². The zero-order valence-electron chi connectivity index (χ0n) is 16.7. The fourth-order valence-corrected chi connectivity index (χ4v) is 3.05. The number of ether oxygens (including phenoxy) is 1. The van der Waals surface area contributed by atoms with E-state index in [4.69, 9.17) is 4.74 Å². The molecule has 0 saturated carbocycles. The Bertz CT molecular complexity index is 998. The normalized spacial score (nSPS) is 11.7. The summed E-state index contributed by atoms with van der Waals surface area (Å²) in [4.78, 5) is 24.3. The molecule has 6 nitrogen and oxygen atoms in total. The first-order chi connectivity index (χ1) is 14.1. The summed E-state index contributed by atoms with van der Waals surface area (Å²) in [6.45, 7) is 2.34. The Labute approximate surface area is 170 Å². The minimum Gasteiger partial charge on any atom is -0.497 e. The van der Waals surface area contributed by atoms with E-state index in [1.807, 2.05) is 61.5 Å². The molecule has 1 N–H and O–H groups in total.